The van der Waals surface area contributed by atoms with Crippen molar-refractivity contribution in [3.8, 4) is 5.75 Å². The van der Waals surface area contributed by atoms with Gasteiger partial charge in [0.25, 0.3) is 5.91 Å². The second-order valence-corrected chi connectivity index (χ2v) is 9.04. The van der Waals surface area contributed by atoms with E-state index in [0.717, 1.165) is 5.76 Å². The normalized spacial score (nSPS) is 19.0. The summed E-state index contributed by atoms with van der Waals surface area (Å²) in [7, 11) is -3.58. The first-order chi connectivity index (χ1) is 12.5. The van der Waals surface area contributed by atoms with Gasteiger partial charge >= 0.3 is 0 Å². The number of hydrogen-bond donors (Lipinski definition) is 1. The number of benzene rings is 1. The molecule has 26 heavy (non-hydrogen) atoms. The van der Waals surface area contributed by atoms with Crippen LogP contribution in [0.1, 0.15) is 17.4 Å². The quantitative estimate of drug-likeness (QED) is 0.801. The van der Waals surface area contributed by atoms with Crippen molar-refractivity contribution in [3.63, 3.8) is 0 Å². The minimum atomic E-state index is -3.58. The number of nitrogens with zero attached hydrogens (tertiary/aromatic N) is 1. The largest absolute Gasteiger partial charge is 0.484 e. The molecule has 1 aliphatic heterocycles. The van der Waals surface area contributed by atoms with Crippen LogP contribution in [-0.2, 0) is 14.8 Å². The lowest BCUT2D eigenvalue weighted by atomic mass is 10.2. The maximum atomic E-state index is 12.9. The van der Waals surface area contributed by atoms with Crippen LogP contribution in [-0.4, -0.2) is 44.1 Å². The number of amides is 1. The summed E-state index contributed by atoms with van der Waals surface area (Å²) in [5.41, 5.74) is 5.02. The van der Waals surface area contributed by atoms with E-state index >= 15 is 0 Å². The second kappa shape index (κ2) is 8.15. The minimum absolute atomic E-state index is 0.162. The van der Waals surface area contributed by atoms with E-state index in [1.54, 1.807) is 18.0 Å². The summed E-state index contributed by atoms with van der Waals surface area (Å²) in [6.07, 6.45) is 2.33. The summed E-state index contributed by atoms with van der Waals surface area (Å²) in [4.78, 5) is 10.9. The Morgan fingerprint density at radius 3 is 2.69 bits per heavy atom. The second-order valence-electron chi connectivity index (χ2n) is 5.79. The fourth-order valence-electron chi connectivity index (χ4n) is 2.70. The van der Waals surface area contributed by atoms with Crippen LogP contribution in [0.15, 0.2) is 52.0 Å². The first kappa shape index (κ1) is 18.8. The predicted octanol–water partition coefficient (Wildman–Crippen LogP) is 2.01. The summed E-state index contributed by atoms with van der Waals surface area (Å²) in [5.74, 6) is 1.39. The molecule has 2 N–H and O–H groups in total. The molecule has 2 aromatic rings. The molecule has 3 rings (SSSR count). The van der Waals surface area contributed by atoms with Crippen molar-refractivity contribution in [3.05, 3.63) is 48.4 Å². The van der Waals surface area contributed by atoms with Crippen molar-refractivity contribution in [2.24, 2.45) is 5.73 Å². The Labute approximate surface area is 156 Å². The number of furan rings is 1. The van der Waals surface area contributed by atoms with Gasteiger partial charge in [0.15, 0.2) is 6.61 Å². The number of nitrogens with two attached hydrogens (primary N) is 1. The summed E-state index contributed by atoms with van der Waals surface area (Å²) >= 11 is 1.70. The van der Waals surface area contributed by atoms with Crippen molar-refractivity contribution in [1.29, 1.82) is 0 Å². The first-order valence-corrected chi connectivity index (χ1v) is 10.6. The van der Waals surface area contributed by atoms with Crippen molar-refractivity contribution in [2.45, 2.75) is 16.6 Å². The van der Waals surface area contributed by atoms with Gasteiger partial charge in [0.05, 0.1) is 16.4 Å². The molecule has 0 spiro atoms. The van der Waals surface area contributed by atoms with Gasteiger partial charge in [-0.2, -0.15) is 4.31 Å². The number of carbonyl (C=O) groups is 1. The first-order valence-electron chi connectivity index (χ1n) is 8.13. The molecule has 0 bridgehead atoms. The fourth-order valence-corrected chi connectivity index (χ4v) is 5.46. The van der Waals surface area contributed by atoms with Gasteiger partial charge in [0.2, 0.25) is 10.0 Å². The van der Waals surface area contributed by atoms with E-state index in [1.807, 2.05) is 12.1 Å². The maximum absolute atomic E-state index is 12.9. The molecule has 0 saturated carbocycles. The molecule has 1 fully saturated rings. The third-order valence-corrected chi connectivity index (χ3v) is 7.21. The van der Waals surface area contributed by atoms with Crippen LogP contribution in [0.4, 0.5) is 0 Å². The predicted molar refractivity (Wildman–Crippen MR) is 98.4 cm³/mol. The zero-order valence-electron chi connectivity index (χ0n) is 14.0. The molecule has 140 valence electrons. The van der Waals surface area contributed by atoms with Gasteiger partial charge in [-0.25, -0.2) is 8.42 Å². The van der Waals surface area contributed by atoms with Gasteiger partial charge in [-0.15, -0.1) is 11.8 Å². The fraction of sp³-hybridized carbons (Fsp3) is 0.353. The number of hydrogen-bond acceptors (Lipinski definition) is 6. The Hall–Kier alpha value is -1.97. The van der Waals surface area contributed by atoms with Crippen molar-refractivity contribution in [1.82, 2.24) is 4.31 Å². The highest BCUT2D eigenvalue weighted by Crippen LogP contribution is 2.35. The molecule has 0 unspecified atom stereocenters. The van der Waals surface area contributed by atoms with E-state index in [-0.39, 0.29) is 16.8 Å². The van der Waals surface area contributed by atoms with Gasteiger partial charge in [0, 0.05) is 18.8 Å². The van der Waals surface area contributed by atoms with Crippen LogP contribution >= 0.6 is 11.8 Å². The van der Waals surface area contributed by atoms with Crippen LogP contribution in [0.5, 0.6) is 5.75 Å². The average molecular weight is 396 g/mol. The number of ether oxygens (including phenoxy) is 1. The molecule has 1 atom stereocenters. The Morgan fingerprint density at radius 2 is 2.04 bits per heavy atom. The van der Waals surface area contributed by atoms with Crippen LogP contribution in [0.2, 0.25) is 0 Å². The molecule has 1 amide bonds. The summed E-state index contributed by atoms with van der Waals surface area (Å²) in [5, 5.41) is 0.162. The summed E-state index contributed by atoms with van der Waals surface area (Å²) < 4.78 is 37.9. The number of sulfonamides is 1. The van der Waals surface area contributed by atoms with Gasteiger partial charge in [0.1, 0.15) is 11.5 Å². The molecule has 2 heterocycles. The molecular formula is C17H20N2O5S2. The van der Waals surface area contributed by atoms with Crippen molar-refractivity contribution < 1.29 is 22.4 Å². The van der Waals surface area contributed by atoms with Gasteiger partial charge in [-0.3, -0.25) is 4.79 Å². The zero-order valence-corrected chi connectivity index (χ0v) is 15.7. The minimum Gasteiger partial charge on any atom is -0.484 e. The lowest BCUT2D eigenvalue weighted by molar-refractivity contribution is -0.119. The van der Waals surface area contributed by atoms with Crippen LogP contribution in [0.3, 0.4) is 0 Å². The lowest BCUT2D eigenvalue weighted by Gasteiger charge is -2.20. The van der Waals surface area contributed by atoms with Crippen LogP contribution < -0.4 is 10.5 Å². The van der Waals surface area contributed by atoms with E-state index < -0.39 is 15.9 Å². The van der Waals surface area contributed by atoms with E-state index in [9.17, 15) is 13.2 Å². The summed E-state index contributed by atoms with van der Waals surface area (Å²) in [6.45, 7) is 0.633. The molecule has 9 heteroatoms. The highest BCUT2D eigenvalue weighted by molar-refractivity contribution is 7.99. The molecular weight excluding hydrogens is 376 g/mol. The Kier molecular flexibility index (Phi) is 5.90. The van der Waals surface area contributed by atoms with Crippen molar-refractivity contribution in [2.75, 3.05) is 25.4 Å². The molecule has 1 aromatic heterocycles. The SMILES string of the molecule is NC(=O)COc1ccc(S(=O)(=O)N2CCS[C@@H](c3ccco3)CC2)cc1. The van der Waals surface area contributed by atoms with Crippen LogP contribution in [0.25, 0.3) is 0 Å². The standard InChI is InChI=1S/C17H20N2O5S2/c18-17(20)12-24-13-3-5-14(6-4-13)26(21,22)19-8-7-16(25-11-9-19)15-2-1-10-23-15/h1-6,10,16H,7-9,11-12H2,(H2,18,20)/t16-/m1/s1. The summed E-state index contributed by atoms with van der Waals surface area (Å²) in [6, 6.07) is 9.77. The van der Waals surface area contributed by atoms with E-state index in [1.165, 1.54) is 28.6 Å². The Bertz CT molecular complexity index is 835. The molecule has 1 aromatic carbocycles. The van der Waals surface area contributed by atoms with Gasteiger partial charge < -0.3 is 14.9 Å². The van der Waals surface area contributed by atoms with Gasteiger partial charge in [-0.05, 0) is 42.8 Å². The number of rotatable bonds is 6. The number of carbonyl (C=O) groups excluding carboxylic acids is 1. The molecule has 1 aliphatic rings. The van der Waals surface area contributed by atoms with E-state index in [2.05, 4.69) is 0 Å². The highest BCUT2D eigenvalue weighted by atomic mass is 32.2. The smallest absolute Gasteiger partial charge is 0.255 e. The number of primary amides is 1. The third kappa shape index (κ3) is 4.40. The van der Waals surface area contributed by atoms with E-state index in [0.29, 0.717) is 31.0 Å². The zero-order chi connectivity index (χ0) is 18.6. The highest BCUT2D eigenvalue weighted by Gasteiger charge is 2.29. The topological polar surface area (TPSA) is 103 Å². The lowest BCUT2D eigenvalue weighted by Crippen LogP contribution is -2.33. The maximum Gasteiger partial charge on any atom is 0.255 e. The molecule has 7 nitrogen and oxygen atoms in total. The van der Waals surface area contributed by atoms with Crippen molar-refractivity contribution >= 4 is 27.7 Å². The number of thioether (sulfide) groups is 1. The van der Waals surface area contributed by atoms with E-state index in [4.69, 9.17) is 14.9 Å². The third-order valence-electron chi connectivity index (χ3n) is 4.00. The Balaban J connectivity index is 1.68. The van der Waals surface area contributed by atoms with Gasteiger partial charge in [-0.1, -0.05) is 0 Å². The van der Waals surface area contributed by atoms with Crippen LogP contribution in [0, 0.1) is 0 Å². The average Bonchev–Trinajstić information content (AvgIpc) is 3.04. The monoisotopic (exact) mass is 396 g/mol. The molecule has 1 saturated heterocycles. The Morgan fingerprint density at radius 1 is 1.27 bits per heavy atom. The molecule has 0 radical (unpaired) electrons. The molecule has 0 aliphatic carbocycles.